The lowest BCUT2D eigenvalue weighted by molar-refractivity contribution is 0.356. The van der Waals surface area contributed by atoms with Gasteiger partial charge in [-0.1, -0.05) is 18.2 Å². The quantitative estimate of drug-likeness (QED) is 0.562. The van der Waals surface area contributed by atoms with Gasteiger partial charge in [0.1, 0.15) is 5.65 Å². The van der Waals surface area contributed by atoms with Crippen LogP contribution in [0.3, 0.4) is 0 Å². The molecule has 0 spiro atoms. The van der Waals surface area contributed by atoms with Gasteiger partial charge in [0.2, 0.25) is 0 Å². The number of fused-ring (bicyclic) bond motifs is 4. The Kier molecular flexibility index (Phi) is 2.73. The van der Waals surface area contributed by atoms with E-state index in [1.165, 1.54) is 10.9 Å². The molecular formula is C18H16N2O2. The van der Waals surface area contributed by atoms with Crippen LogP contribution in [0.2, 0.25) is 0 Å². The number of rotatable bonds is 2. The molecule has 0 unspecified atom stereocenters. The van der Waals surface area contributed by atoms with Gasteiger partial charge in [-0.15, -0.1) is 0 Å². The molecule has 0 aliphatic heterocycles. The van der Waals surface area contributed by atoms with Crippen molar-refractivity contribution >= 4 is 32.8 Å². The number of nitrogens with zero attached hydrogens (tertiary/aromatic N) is 2. The van der Waals surface area contributed by atoms with Crippen LogP contribution in [-0.4, -0.2) is 23.8 Å². The zero-order valence-corrected chi connectivity index (χ0v) is 12.8. The molecule has 4 aromatic rings. The van der Waals surface area contributed by atoms with E-state index in [0.29, 0.717) is 5.75 Å². The van der Waals surface area contributed by atoms with E-state index in [4.69, 9.17) is 14.5 Å². The first-order chi connectivity index (χ1) is 10.7. The maximum absolute atomic E-state index is 5.39. The van der Waals surface area contributed by atoms with Crippen molar-refractivity contribution in [3.63, 3.8) is 0 Å². The molecule has 0 saturated carbocycles. The lowest BCUT2D eigenvalue weighted by Crippen LogP contribution is -1.93. The zero-order chi connectivity index (χ0) is 15.3. The van der Waals surface area contributed by atoms with Gasteiger partial charge in [0, 0.05) is 29.3 Å². The van der Waals surface area contributed by atoms with E-state index in [2.05, 4.69) is 28.8 Å². The minimum absolute atomic E-state index is 0.695. The van der Waals surface area contributed by atoms with Crippen LogP contribution in [0.25, 0.3) is 32.8 Å². The van der Waals surface area contributed by atoms with Crippen molar-refractivity contribution in [2.75, 3.05) is 14.2 Å². The summed E-state index contributed by atoms with van der Waals surface area (Å²) in [6.07, 6.45) is 0. The molecule has 0 atom stereocenters. The third-order valence-corrected chi connectivity index (χ3v) is 4.17. The second kappa shape index (κ2) is 4.63. The summed E-state index contributed by atoms with van der Waals surface area (Å²) >= 11 is 0. The molecule has 4 rings (SSSR count). The number of pyridine rings is 1. The third-order valence-electron chi connectivity index (χ3n) is 4.17. The van der Waals surface area contributed by atoms with Crippen molar-refractivity contribution in [1.29, 1.82) is 0 Å². The summed E-state index contributed by atoms with van der Waals surface area (Å²) in [7, 11) is 5.33. The molecule has 0 saturated heterocycles. The molecule has 2 aromatic heterocycles. The lowest BCUT2D eigenvalue weighted by atomic mass is 10.1. The second-order valence-electron chi connectivity index (χ2n) is 5.34. The summed E-state index contributed by atoms with van der Waals surface area (Å²) in [4.78, 5) is 4.83. The van der Waals surface area contributed by atoms with Gasteiger partial charge in [0.25, 0.3) is 0 Å². The van der Waals surface area contributed by atoms with Gasteiger partial charge in [-0.05, 0) is 18.2 Å². The molecular weight excluding hydrogens is 276 g/mol. The first-order valence-corrected chi connectivity index (χ1v) is 7.13. The molecule has 4 heteroatoms. The van der Waals surface area contributed by atoms with Crippen molar-refractivity contribution in [2.45, 2.75) is 0 Å². The van der Waals surface area contributed by atoms with Crippen LogP contribution in [0.5, 0.6) is 11.5 Å². The van der Waals surface area contributed by atoms with Crippen LogP contribution in [0.4, 0.5) is 0 Å². The predicted octanol–water partition coefficient (Wildman–Crippen LogP) is 3.90. The van der Waals surface area contributed by atoms with Crippen molar-refractivity contribution in [3.05, 3.63) is 42.5 Å². The van der Waals surface area contributed by atoms with E-state index in [-0.39, 0.29) is 0 Å². The number of benzene rings is 2. The summed E-state index contributed by atoms with van der Waals surface area (Å²) in [6, 6.07) is 14.4. The molecule has 0 radical (unpaired) electrons. The predicted molar refractivity (Wildman–Crippen MR) is 88.8 cm³/mol. The summed E-state index contributed by atoms with van der Waals surface area (Å²) in [5, 5.41) is 3.41. The highest BCUT2D eigenvalue weighted by atomic mass is 16.5. The minimum Gasteiger partial charge on any atom is -0.493 e. The fourth-order valence-electron chi connectivity index (χ4n) is 3.05. The maximum atomic E-state index is 5.39. The van der Waals surface area contributed by atoms with Crippen LogP contribution < -0.4 is 9.47 Å². The Morgan fingerprint density at radius 3 is 2.41 bits per heavy atom. The largest absolute Gasteiger partial charge is 0.493 e. The number of ether oxygens (including phenoxy) is 2. The summed E-state index contributed by atoms with van der Waals surface area (Å²) in [6.45, 7) is 0. The molecule has 2 aromatic carbocycles. The highest BCUT2D eigenvalue weighted by Gasteiger charge is 2.12. The van der Waals surface area contributed by atoms with E-state index >= 15 is 0 Å². The molecule has 0 aliphatic carbocycles. The fourth-order valence-corrected chi connectivity index (χ4v) is 3.05. The molecule has 110 valence electrons. The molecule has 22 heavy (non-hydrogen) atoms. The molecule has 0 N–H and O–H groups in total. The minimum atomic E-state index is 0.695. The third kappa shape index (κ3) is 1.67. The molecule has 0 aliphatic rings. The van der Waals surface area contributed by atoms with Crippen molar-refractivity contribution in [3.8, 4) is 11.5 Å². The average Bonchev–Trinajstić information content (AvgIpc) is 2.84. The standard InChI is InChI=1S/C18H16N2O2/c1-20-15-7-5-4-6-12(15)13-8-11-9-16(21-2)17(22-3)10-14(11)19-18(13)20/h4-10H,1-3H3. The Morgan fingerprint density at radius 1 is 0.909 bits per heavy atom. The van der Waals surface area contributed by atoms with Gasteiger partial charge in [-0.2, -0.15) is 0 Å². The number of para-hydroxylation sites is 1. The van der Waals surface area contributed by atoms with Crippen molar-refractivity contribution in [2.24, 2.45) is 7.05 Å². The fraction of sp³-hybridized carbons (Fsp3) is 0.167. The first-order valence-electron chi connectivity index (χ1n) is 7.13. The Bertz CT molecular complexity index is 1020. The van der Waals surface area contributed by atoms with E-state index in [1.54, 1.807) is 14.2 Å². The summed E-state index contributed by atoms with van der Waals surface area (Å²) < 4.78 is 12.9. The number of methoxy groups -OCH3 is 2. The SMILES string of the molecule is COc1cc2cc3c4ccccc4n(C)c3nc2cc1OC. The van der Waals surface area contributed by atoms with Gasteiger partial charge in [0.05, 0.1) is 25.3 Å². The Labute approximate surface area is 127 Å². The smallest absolute Gasteiger partial charge is 0.162 e. The topological polar surface area (TPSA) is 36.3 Å². The highest BCUT2D eigenvalue weighted by Crippen LogP contribution is 2.35. The Hall–Kier alpha value is -2.75. The van der Waals surface area contributed by atoms with Crippen LogP contribution in [0.1, 0.15) is 0 Å². The number of hydrogen-bond acceptors (Lipinski definition) is 3. The molecule has 0 fully saturated rings. The highest BCUT2D eigenvalue weighted by molar-refractivity contribution is 6.10. The van der Waals surface area contributed by atoms with Crippen LogP contribution >= 0.6 is 0 Å². The normalized spacial score (nSPS) is 11.4. The van der Waals surface area contributed by atoms with E-state index < -0.39 is 0 Å². The number of aromatic nitrogens is 2. The van der Waals surface area contributed by atoms with E-state index in [0.717, 1.165) is 27.7 Å². The average molecular weight is 292 g/mol. The molecule has 4 nitrogen and oxygen atoms in total. The van der Waals surface area contributed by atoms with Gasteiger partial charge < -0.3 is 14.0 Å². The van der Waals surface area contributed by atoms with Crippen LogP contribution in [-0.2, 0) is 7.05 Å². The molecule has 0 amide bonds. The monoisotopic (exact) mass is 292 g/mol. The van der Waals surface area contributed by atoms with Gasteiger partial charge in [0.15, 0.2) is 11.5 Å². The summed E-state index contributed by atoms with van der Waals surface area (Å²) in [5.41, 5.74) is 3.05. The van der Waals surface area contributed by atoms with E-state index in [1.807, 2.05) is 25.2 Å². The Morgan fingerprint density at radius 2 is 1.64 bits per heavy atom. The van der Waals surface area contributed by atoms with Gasteiger partial charge in [-0.3, -0.25) is 0 Å². The molecule has 2 heterocycles. The molecule has 0 bridgehead atoms. The second-order valence-corrected chi connectivity index (χ2v) is 5.34. The van der Waals surface area contributed by atoms with Crippen LogP contribution in [0, 0.1) is 0 Å². The zero-order valence-electron chi connectivity index (χ0n) is 12.8. The van der Waals surface area contributed by atoms with Crippen molar-refractivity contribution in [1.82, 2.24) is 9.55 Å². The van der Waals surface area contributed by atoms with Gasteiger partial charge >= 0.3 is 0 Å². The maximum Gasteiger partial charge on any atom is 0.162 e. The first kappa shape index (κ1) is 13.0. The van der Waals surface area contributed by atoms with Gasteiger partial charge in [-0.25, -0.2) is 4.98 Å². The summed E-state index contributed by atoms with van der Waals surface area (Å²) in [5.74, 6) is 1.41. The Balaban J connectivity index is 2.16. The lowest BCUT2D eigenvalue weighted by Gasteiger charge is -2.09. The van der Waals surface area contributed by atoms with Crippen molar-refractivity contribution < 1.29 is 9.47 Å². The van der Waals surface area contributed by atoms with Crippen LogP contribution in [0.15, 0.2) is 42.5 Å². The van der Waals surface area contributed by atoms with E-state index in [9.17, 15) is 0 Å². The number of aryl methyl sites for hydroxylation is 1. The number of hydrogen-bond donors (Lipinski definition) is 0.